The maximum absolute atomic E-state index is 12.7. The lowest BCUT2D eigenvalue weighted by Gasteiger charge is -2.23. The Bertz CT molecular complexity index is 502. The molecule has 1 fully saturated rings. The lowest BCUT2D eigenvalue weighted by molar-refractivity contribution is -0.137. The number of hydrogen-bond donors (Lipinski definition) is 2. The summed E-state index contributed by atoms with van der Waals surface area (Å²) in [7, 11) is 0. The number of hydrogen-bond acceptors (Lipinski definition) is 3. The van der Waals surface area contributed by atoms with Gasteiger partial charge in [-0.05, 0) is 18.2 Å². The first kappa shape index (κ1) is 15.1. The van der Waals surface area contributed by atoms with E-state index >= 15 is 0 Å². The van der Waals surface area contributed by atoms with Crippen molar-refractivity contribution < 1.29 is 22.7 Å². The Labute approximate surface area is 118 Å². The van der Waals surface area contributed by atoms with E-state index in [1.165, 1.54) is 6.07 Å². The van der Waals surface area contributed by atoms with Crippen LogP contribution < -0.4 is 10.6 Å². The van der Waals surface area contributed by atoms with Crippen LogP contribution in [0.5, 0.6) is 0 Å². The predicted octanol–water partition coefficient (Wildman–Crippen LogP) is 2.29. The van der Waals surface area contributed by atoms with Crippen LogP contribution in [-0.4, -0.2) is 31.7 Å². The van der Waals surface area contributed by atoms with E-state index in [0.717, 1.165) is 12.1 Å². The average Bonchev–Trinajstić information content (AvgIpc) is 2.40. The summed E-state index contributed by atoms with van der Waals surface area (Å²) in [5.41, 5.74) is -0.941. The van der Waals surface area contributed by atoms with Crippen LogP contribution in [0.1, 0.15) is 5.56 Å². The van der Waals surface area contributed by atoms with Gasteiger partial charge in [0.15, 0.2) is 0 Å². The summed E-state index contributed by atoms with van der Waals surface area (Å²) in [5, 5.41) is 4.91. The van der Waals surface area contributed by atoms with E-state index in [0.29, 0.717) is 13.2 Å². The fourth-order valence-electron chi connectivity index (χ4n) is 1.78. The van der Waals surface area contributed by atoms with Crippen molar-refractivity contribution in [3.8, 4) is 0 Å². The second-order valence-electron chi connectivity index (χ2n) is 4.26. The molecule has 0 saturated carbocycles. The highest BCUT2D eigenvalue weighted by Gasteiger charge is 2.33. The van der Waals surface area contributed by atoms with Gasteiger partial charge in [-0.2, -0.15) is 13.2 Å². The number of carbonyl (C=O) groups is 1. The van der Waals surface area contributed by atoms with Gasteiger partial charge in [0.2, 0.25) is 5.91 Å². The molecule has 2 rings (SSSR count). The second kappa shape index (κ2) is 5.99. The highest BCUT2D eigenvalue weighted by Crippen LogP contribution is 2.36. The number of alkyl halides is 3. The molecule has 0 unspecified atom stereocenters. The minimum absolute atomic E-state index is 0.0408. The van der Waals surface area contributed by atoms with Gasteiger partial charge >= 0.3 is 6.18 Å². The van der Waals surface area contributed by atoms with Crippen LogP contribution in [0.25, 0.3) is 0 Å². The summed E-state index contributed by atoms with van der Waals surface area (Å²) < 4.78 is 43.2. The monoisotopic (exact) mass is 308 g/mol. The number of carbonyl (C=O) groups excluding carboxylic acids is 1. The van der Waals surface area contributed by atoms with Crippen LogP contribution >= 0.6 is 11.6 Å². The van der Waals surface area contributed by atoms with Crippen LogP contribution in [0.3, 0.4) is 0 Å². The average molecular weight is 309 g/mol. The number of morpholine rings is 1. The Kier molecular flexibility index (Phi) is 4.52. The molecule has 1 heterocycles. The smallest absolute Gasteiger partial charge is 0.378 e. The SMILES string of the molecule is O=C(Nc1ccc(Cl)c(C(F)(F)F)c1)[C@H]1COCCN1. The maximum atomic E-state index is 12.7. The summed E-state index contributed by atoms with van der Waals surface area (Å²) in [6.45, 7) is 1.21. The molecule has 0 spiro atoms. The summed E-state index contributed by atoms with van der Waals surface area (Å²) >= 11 is 5.50. The molecule has 1 atom stereocenters. The molecule has 1 aliphatic heterocycles. The van der Waals surface area contributed by atoms with Crippen molar-refractivity contribution in [3.05, 3.63) is 28.8 Å². The minimum atomic E-state index is -4.57. The van der Waals surface area contributed by atoms with E-state index in [4.69, 9.17) is 16.3 Å². The molecule has 1 aromatic rings. The van der Waals surface area contributed by atoms with Gasteiger partial charge in [0.25, 0.3) is 0 Å². The topological polar surface area (TPSA) is 50.4 Å². The van der Waals surface area contributed by atoms with E-state index in [2.05, 4.69) is 10.6 Å². The first-order valence-electron chi connectivity index (χ1n) is 5.86. The number of nitrogens with one attached hydrogen (secondary N) is 2. The quantitative estimate of drug-likeness (QED) is 0.881. The largest absolute Gasteiger partial charge is 0.417 e. The fraction of sp³-hybridized carbons (Fsp3) is 0.417. The standard InChI is InChI=1S/C12H12ClF3N2O2/c13-9-2-1-7(5-8(9)12(14,15)16)18-11(19)10-6-20-4-3-17-10/h1-2,5,10,17H,3-4,6H2,(H,18,19)/t10-/m1/s1. The van der Waals surface area contributed by atoms with Gasteiger partial charge in [0.05, 0.1) is 23.8 Å². The molecule has 0 aliphatic carbocycles. The highest BCUT2D eigenvalue weighted by atomic mass is 35.5. The maximum Gasteiger partial charge on any atom is 0.417 e. The number of amides is 1. The molecule has 110 valence electrons. The minimum Gasteiger partial charge on any atom is -0.378 e. The molecule has 0 radical (unpaired) electrons. The Balaban J connectivity index is 2.11. The molecule has 20 heavy (non-hydrogen) atoms. The van der Waals surface area contributed by atoms with E-state index in [-0.39, 0.29) is 12.3 Å². The van der Waals surface area contributed by atoms with Crippen molar-refractivity contribution >= 4 is 23.2 Å². The molecule has 0 bridgehead atoms. The number of anilines is 1. The van der Waals surface area contributed by atoms with E-state index in [1.54, 1.807) is 0 Å². The molecule has 2 N–H and O–H groups in total. The lowest BCUT2D eigenvalue weighted by atomic mass is 10.1. The number of halogens is 4. The third-order valence-electron chi connectivity index (χ3n) is 2.78. The van der Waals surface area contributed by atoms with Gasteiger partial charge in [-0.1, -0.05) is 11.6 Å². The van der Waals surface area contributed by atoms with Crippen molar-refractivity contribution in [3.63, 3.8) is 0 Å². The van der Waals surface area contributed by atoms with Crippen LogP contribution in [0, 0.1) is 0 Å². The summed E-state index contributed by atoms with van der Waals surface area (Å²) in [4.78, 5) is 11.8. The number of benzene rings is 1. The summed E-state index contributed by atoms with van der Waals surface area (Å²) in [5.74, 6) is -0.444. The zero-order valence-electron chi connectivity index (χ0n) is 10.3. The Hall–Kier alpha value is -1.31. The molecular weight excluding hydrogens is 297 g/mol. The Morgan fingerprint density at radius 2 is 2.20 bits per heavy atom. The molecular formula is C12H12ClF3N2O2. The molecule has 0 aromatic heterocycles. The van der Waals surface area contributed by atoms with Gasteiger partial charge in [0.1, 0.15) is 6.04 Å². The van der Waals surface area contributed by atoms with Gasteiger partial charge < -0.3 is 15.4 Å². The van der Waals surface area contributed by atoms with Gasteiger partial charge in [-0.25, -0.2) is 0 Å². The molecule has 8 heteroatoms. The van der Waals surface area contributed by atoms with Gasteiger partial charge in [0, 0.05) is 12.2 Å². The van der Waals surface area contributed by atoms with E-state index < -0.39 is 28.7 Å². The van der Waals surface area contributed by atoms with Crippen LogP contribution in [0.4, 0.5) is 18.9 Å². The highest BCUT2D eigenvalue weighted by molar-refractivity contribution is 6.31. The van der Waals surface area contributed by atoms with Gasteiger partial charge in [-0.3, -0.25) is 4.79 Å². The van der Waals surface area contributed by atoms with Crippen LogP contribution in [0.2, 0.25) is 5.02 Å². The normalized spacial score (nSPS) is 19.7. The third kappa shape index (κ3) is 3.62. The molecule has 1 aliphatic rings. The van der Waals surface area contributed by atoms with Crippen molar-refractivity contribution in [2.75, 3.05) is 25.1 Å². The molecule has 1 saturated heterocycles. The van der Waals surface area contributed by atoms with Crippen molar-refractivity contribution in [1.82, 2.24) is 5.32 Å². The van der Waals surface area contributed by atoms with E-state index in [9.17, 15) is 18.0 Å². The second-order valence-corrected chi connectivity index (χ2v) is 4.67. The molecule has 1 aromatic carbocycles. The third-order valence-corrected chi connectivity index (χ3v) is 3.11. The molecule has 4 nitrogen and oxygen atoms in total. The Morgan fingerprint density at radius 3 is 2.80 bits per heavy atom. The van der Waals surface area contributed by atoms with Crippen molar-refractivity contribution in [2.24, 2.45) is 0 Å². The van der Waals surface area contributed by atoms with Crippen LogP contribution in [-0.2, 0) is 15.7 Å². The molecule has 1 amide bonds. The van der Waals surface area contributed by atoms with Crippen molar-refractivity contribution in [2.45, 2.75) is 12.2 Å². The van der Waals surface area contributed by atoms with E-state index in [1.807, 2.05) is 0 Å². The fourth-order valence-corrected chi connectivity index (χ4v) is 2.01. The van der Waals surface area contributed by atoms with Crippen molar-refractivity contribution in [1.29, 1.82) is 0 Å². The van der Waals surface area contributed by atoms with Gasteiger partial charge in [-0.15, -0.1) is 0 Å². The van der Waals surface area contributed by atoms with Crippen LogP contribution in [0.15, 0.2) is 18.2 Å². The predicted molar refractivity (Wildman–Crippen MR) is 67.7 cm³/mol. The zero-order chi connectivity index (χ0) is 14.8. The zero-order valence-corrected chi connectivity index (χ0v) is 11.0. The lowest BCUT2D eigenvalue weighted by Crippen LogP contribution is -2.48. The Morgan fingerprint density at radius 1 is 1.45 bits per heavy atom. The first-order chi connectivity index (χ1) is 9.38. The number of ether oxygens (including phenoxy) is 1. The first-order valence-corrected chi connectivity index (χ1v) is 6.24. The number of rotatable bonds is 2. The summed E-state index contributed by atoms with van der Waals surface area (Å²) in [6.07, 6.45) is -4.57. The summed E-state index contributed by atoms with van der Waals surface area (Å²) in [6, 6.07) is 2.65.